The molecule has 20 heavy (non-hydrogen) atoms. The van der Waals surface area contributed by atoms with Crippen molar-refractivity contribution in [2.45, 2.75) is 51.7 Å². The van der Waals surface area contributed by atoms with Gasteiger partial charge in [-0.1, -0.05) is 6.92 Å². The van der Waals surface area contributed by atoms with Gasteiger partial charge in [0.25, 0.3) is 5.69 Å². The lowest BCUT2D eigenvalue weighted by molar-refractivity contribution is -0.385. The van der Waals surface area contributed by atoms with Crippen LogP contribution >= 0.6 is 0 Å². The zero-order valence-electron chi connectivity index (χ0n) is 12.3. The third kappa shape index (κ3) is 3.28. The quantitative estimate of drug-likeness (QED) is 0.674. The first-order chi connectivity index (χ1) is 9.43. The monoisotopic (exact) mass is 278 g/mol. The molecule has 1 aromatic rings. The maximum Gasteiger partial charge on any atom is 0.272 e. The van der Waals surface area contributed by atoms with Crippen molar-refractivity contribution in [3.8, 4) is 0 Å². The molecule has 5 heteroatoms. The number of nitrogens with zero attached hydrogens (tertiary/aromatic N) is 1. The van der Waals surface area contributed by atoms with E-state index in [9.17, 15) is 10.1 Å². The lowest BCUT2D eigenvalue weighted by atomic mass is 9.90. The number of ether oxygens (including phenoxy) is 1. The van der Waals surface area contributed by atoms with E-state index in [1.165, 1.54) is 0 Å². The van der Waals surface area contributed by atoms with Crippen LogP contribution in [0.15, 0.2) is 18.2 Å². The normalized spacial score (nSPS) is 26.2. The minimum absolute atomic E-state index is 0.0638. The first kappa shape index (κ1) is 14.8. The number of hydrogen-bond donors (Lipinski definition) is 1. The molecule has 0 saturated carbocycles. The van der Waals surface area contributed by atoms with E-state index in [-0.39, 0.29) is 16.2 Å². The first-order valence-corrected chi connectivity index (χ1v) is 7.09. The van der Waals surface area contributed by atoms with Gasteiger partial charge in [-0.2, -0.15) is 0 Å². The van der Waals surface area contributed by atoms with Crippen molar-refractivity contribution in [1.82, 2.24) is 0 Å². The van der Waals surface area contributed by atoms with E-state index in [0.29, 0.717) is 11.6 Å². The van der Waals surface area contributed by atoms with Gasteiger partial charge in [0.2, 0.25) is 0 Å². The van der Waals surface area contributed by atoms with Gasteiger partial charge in [-0.05, 0) is 45.2 Å². The van der Waals surface area contributed by atoms with Crippen molar-refractivity contribution < 1.29 is 9.66 Å². The maximum atomic E-state index is 10.8. The second-order valence-electron chi connectivity index (χ2n) is 5.74. The van der Waals surface area contributed by atoms with Gasteiger partial charge in [0, 0.05) is 30.0 Å². The number of nitrogens with one attached hydrogen (secondary N) is 1. The number of nitro groups is 1. The molecule has 1 aliphatic heterocycles. The summed E-state index contributed by atoms with van der Waals surface area (Å²) in [5, 5.41) is 14.3. The highest BCUT2D eigenvalue weighted by molar-refractivity contribution is 5.54. The molecule has 1 aromatic carbocycles. The summed E-state index contributed by atoms with van der Waals surface area (Å²) in [6.45, 7) is 6.80. The number of hydrogen-bond acceptors (Lipinski definition) is 4. The minimum Gasteiger partial charge on any atom is -0.382 e. The van der Waals surface area contributed by atoms with Gasteiger partial charge in [0.1, 0.15) is 0 Å². The summed E-state index contributed by atoms with van der Waals surface area (Å²) >= 11 is 0. The second-order valence-corrected chi connectivity index (χ2v) is 5.74. The molecule has 0 amide bonds. The molecule has 1 fully saturated rings. The Hall–Kier alpha value is -1.62. The zero-order valence-corrected chi connectivity index (χ0v) is 12.3. The lowest BCUT2D eigenvalue weighted by Crippen LogP contribution is -2.41. The van der Waals surface area contributed by atoms with Crippen molar-refractivity contribution in [1.29, 1.82) is 0 Å². The molecule has 1 saturated heterocycles. The van der Waals surface area contributed by atoms with Crippen LogP contribution in [-0.4, -0.2) is 23.2 Å². The Morgan fingerprint density at radius 2 is 2.30 bits per heavy atom. The molecule has 1 aliphatic rings. The molecule has 110 valence electrons. The van der Waals surface area contributed by atoms with Gasteiger partial charge in [0.05, 0.1) is 10.5 Å². The van der Waals surface area contributed by atoms with Crippen LogP contribution in [0.2, 0.25) is 0 Å². The summed E-state index contributed by atoms with van der Waals surface area (Å²) in [5.74, 6) is 0. The fourth-order valence-corrected chi connectivity index (χ4v) is 2.69. The van der Waals surface area contributed by atoms with E-state index in [1.54, 1.807) is 19.1 Å². The highest BCUT2D eigenvalue weighted by atomic mass is 16.6. The lowest BCUT2D eigenvalue weighted by Gasteiger charge is -2.38. The first-order valence-electron chi connectivity index (χ1n) is 7.09. The van der Waals surface area contributed by atoms with E-state index >= 15 is 0 Å². The van der Waals surface area contributed by atoms with Crippen LogP contribution in [0, 0.1) is 17.0 Å². The Morgan fingerprint density at radius 3 is 2.90 bits per heavy atom. The van der Waals surface area contributed by atoms with E-state index in [2.05, 4.69) is 19.2 Å². The van der Waals surface area contributed by atoms with E-state index < -0.39 is 0 Å². The third-order valence-corrected chi connectivity index (χ3v) is 4.11. The molecular weight excluding hydrogens is 256 g/mol. The Kier molecular flexibility index (Phi) is 4.28. The van der Waals surface area contributed by atoms with Crippen molar-refractivity contribution in [2.75, 3.05) is 11.9 Å². The average molecular weight is 278 g/mol. The Morgan fingerprint density at radius 1 is 1.55 bits per heavy atom. The molecule has 0 aromatic heterocycles. The van der Waals surface area contributed by atoms with Crippen LogP contribution in [0.4, 0.5) is 11.4 Å². The van der Waals surface area contributed by atoms with Crippen LogP contribution < -0.4 is 5.32 Å². The molecule has 0 spiro atoms. The number of aryl methyl sites for hydroxylation is 1. The average Bonchev–Trinajstić information content (AvgIpc) is 2.38. The topological polar surface area (TPSA) is 64.4 Å². The predicted octanol–water partition coefficient (Wildman–Crippen LogP) is 3.66. The molecule has 2 atom stereocenters. The number of nitro benzene ring substituents is 1. The zero-order chi connectivity index (χ0) is 14.8. The fraction of sp³-hybridized carbons (Fsp3) is 0.600. The summed E-state index contributed by atoms with van der Waals surface area (Å²) in [5.41, 5.74) is 1.73. The van der Waals surface area contributed by atoms with Crippen LogP contribution in [0.5, 0.6) is 0 Å². The Balaban J connectivity index is 2.07. The predicted molar refractivity (Wildman–Crippen MR) is 79.1 cm³/mol. The van der Waals surface area contributed by atoms with Crippen LogP contribution in [0.3, 0.4) is 0 Å². The van der Waals surface area contributed by atoms with Gasteiger partial charge in [-0.3, -0.25) is 10.1 Å². The smallest absolute Gasteiger partial charge is 0.272 e. The van der Waals surface area contributed by atoms with Crippen LogP contribution in [0.1, 0.15) is 38.7 Å². The Bertz CT molecular complexity index is 504. The summed E-state index contributed by atoms with van der Waals surface area (Å²) < 4.78 is 5.83. The molecular formula is C15H22N2O3. The summed E-state index contributed by atoms with van der Waals surface area (Å²) in [6.07, 6.45) is 2.91. The van der Waals surface area contributed by atoms with Crippen molar-refractivity contribution in [3.63, 3.8) is 0 Å². The summed E-state index contributed by atoms with van der Waals surface area (Å²) in [7, 11) is 0. The van der Waals surface area contributed by atoms with Gasteiger partial charge in [-0.25, -0.2) is 0 Å². The van der Waals surface area contributed by atoms with E-state index in [4.69, 9.17) is 4.74 Å². The fourth-order valence-electron chi connectivity index (χ4n) is 2.69. The standard InChI is InChI=1S/C15H22N2O3/c1-4-15(3)10-13(7-8-20-15)16-12-5-6-14(17(18)19)11(2)9-12/h5-6,9,13,16H,4,7-8,10H2,1-3H3. The maximum absolute atomic E-state index is 10.8. The van der Waals surface area contributed by atoms with Gasteiger partial charge >= 0.3 is 0 Å². The Labute approximate surface area is 119 Å². The van der Waals surface area contributed by atoms with Gasteiger partial charge in [-0.15, -0.1) is 0 Å². The van der Waals surface area contributed by atoms with Crippen molar-refractivity contribution in [3.05, 3.63) is 33.9 Å². The molecule has 1 N–H and O–H groups in total. The SMILES string of the molecule is CCC1(C)CC(Nc2ccc([N+](=O)[O-])c(C)c2)CCO1. The molecule has 1 heterocycles. The minimum atomic E-state index is -0.346. The highest BCUT2D eigenvalue weighted by Gasteiger charge is 2.31. The molecule has 0 bridgehead atoms. The summed E-state index contributed by atoms with van der Waals surface area (Å²) in [6, 6.07) is 5.55. The molecule has 0 aliphatic carbocycles. The summed E-state index contributed by atoms with van der Waals surface area (Å²) in [4.78, 5) is 10.5. The van der Waals surface area contributed by atoms with Crippen LogP contribution in [-0.2, 0) is 4.74 Å². The van der Waals surface area contributed by atoms with Crippen molar-refractivity contribution >= 4 is 11.4 Å². The number of anilines is 1. The molecule has 2 rings (SSSR count). The molecule has 2 unspecified atom stereocenters. The van der Waals surface area contributed by atoms with E-state index in [1.807, 2.05) is 6.07 Å². The molecule has 5 nitrogen and oxygen atoms in total. The third-order valence-electron chi connectivity index (χ3n) is 4.11. The second kappa shape index (κ2) is 5.79. The van der Waals surface area contributed by atoms with Crippen LogP contribution in [0.25, 0.3) is 0 Å². The van der Waals surface area contributed by atoms with Gasteiger partial charge in [0.15, 0.2) is 0 Å². The van der Waals surface area contributed by atoms with Crippen molar-refractivity contribution in [2.24, 2.45) is 0 Å². The molecule has 0 radical (unpaired) electrons. The van der Waals surface area contributed by atoms with Gasteiger partial charge < -0.3 is 10.1 Å². The van der Waals surface area contributed by atoms with E-state index in [0.717, 1.165) is 31.6 Å². The number of benzene rings is 1. The number of rotatable bonds is 4. The largest absolute Gasteiger partial charge is 0.382 e. The highest BCUT2D eigenvalue weighted by Crippen LogP contribution is 2.30.